The summed E-state index contributed by atoms with van der Waals surface area (Å²) >= 11 is 0. The maximum atomic E-state index is 12.6. The fraction of sp³-hybridized carbons (Fsp3) is 0.478. The van der Waals surface area contributed by atoms with Crippen molar-refractivity contribution in [3.8, 4) is 0 Å². The van der Waals surface area contributed by atoms with Crippen LogP contribution >= 0.6 is 0 Å². The van der Waals surface area contributed by atoms with Crippen LogP contribution in [0, 0.1) is 5.92 Å². The van der Waals surface area contributed by atoms with Gasteiger partial charge in [0.05, 0.1) is 0 Å². The molecule has 2 amide bonds. The third-order valence-electron chi connectivity index (χ3n) is 6.37. The molecule has 4 rings (SSSR count). The average molecular weight is 424 g/mol. The van der Waals surface area contributed by atoms with Gasteiger partial charge in [0.2, 0.25) is 5.78 Å². The van der Waals surface area contributed by atoms with Gasteiger partial charge in [0.25, 0.3) is 0 Å². The summed E-state index contributed by atoms with van der Waals surface area (Å²) in [5.74, 6) is -0.913. The number of hydrogen-bond acceptors (Lipinski definition) is 5. The van der Waals surface area contributed by atoms with Crippen LogP contribution in [0.15, 0.2) is 36.7 Å². The van der Waals surface area contributed by atoms with Gasteiger partial charge in [0.15, 0.2) is 5.82 Å². The van der Waals surface area contributed by atoms with Crippen LogP contribution in [0.3, 0.4) is 0 Å². The quantitative estimate of drug-likeness (QED) is 0.566. The van der Waals surface area contributed by atoms with Crippen LogP contribution in [0.2, 0.25) is 0 Å². The Balaban J connectivity index is 1.33. The Labute approximate surface area is 182 Å². The second-order valence-electron chi connectivity index (χ2n) is 8.44. The normalized spacial score (nSPS) is 21.2. The van der Waals surface area contributed by atoms with E-state index in [4.69, 9.17) is 0 Å². The fourth-order valence-electron chi connectivity index (χ4n) is 4.76. The minimum Gasteiger partial charge on any atom is -0.347 e. The first-order valence-corrected chi connectivity index (χ1v) is 11.0. The zero-order valence-electron chi connectivity index (χ0n) is 17.8. The number of imidazole rings is 1. The maximum Gasteiger partial charge on any atom is 0.313 e. The average Bonchev–Trinajstić information content (AvgIpc) is 3.22. The molecule has 2 N–H and O–H groups in total. The molecule has 8 nitrogen and oxygen atoms in total. The molecule has 2 aromatic rings. The third kappa shape index (κ3) is 4.85. The van der Waals surface area contributed by atoms with Crippen molar-refractivity contribution >= 4 is 23.3 Å². The second kappa shape index (κ2) is 9.43. The van der Waals surface area contributed by atoms with E-state index in [9.17, 15) is 14.4 Å². The van der Waals surface area contributed by atoms with E-state index in [0.717, 1.165) is 25.9 Å². The summed E-state index contributed by atoms with van der Waals surface area (Å²) in [4.78, 5) is 44.0. The minimum absolute atomic E-state index is 0.248. The molecule has 31 heavy (non-hydrogen) atoms. The lowest BCUT2D eigenvalue weighted by molar-refractivity contribution is -0.136. The van der Waals surface area contributed by atoms with E-state index < -0.39 is 11.8 Å². The number of piperidine rings is 2. The molecule has 2 fully saturated rings. The van der Waals surface area contributed by atoms with Crippen molar-refractivity contribution in [1.29, 1.82) is 0 Å². The van der Waals surface area contributed by atoms with Gasteiger partial charge < -0.3 is 20.1 Å². The molecule has 164 valence electrons. The first-order valence-electron chi connectivity index (χ1n) is 11.0. The van der Waals surface area contributed by atoms with Crippen molar-refractivity contribution in [1.82, 2.24) is 19.8 Å². The number of aryl methyl sites for hydroxylation is 1. The number of anilines is 1. The number of rotatable bonds is 5. The summed E-state index contributed by atoms with van der Waals surface area (Å²) in [6.45, 7) is 2.80. The molecular weight excluding hydrogens is 394 g/mol. The van der Waals surface area contributed by atoms with Crippen LogP contribution in [-0.2, 0) is 16.6 Å². The Bertz CT molecular complexity index is 968. The molecule has 0 aliphatic carbocycles. The summed E-state index contributed by atoms with van der Waals surface area (Å²) in [5, 5.41) is 5.41. The number of benzene rings is 1. The van der Waals surface area contributed by atoms with Crippen LogP contribution in [-0.4, -0.2) is 57.7 Å². The van der Waals surface area contributed by atoms with E-state index in [-0.39, 0.29) is 5.78 Å². The molecule has 0 saturated carbocycles. The highest BCUT2D eigenvalue weighted by Crippen LogP contribution is 2.30. The summed E-state index contributed by atoms with van der Waals surface area (Å²) < 4.78 is 1.64. The predicted octanol–water partition coefficient (Wildman–Crippen LogP) is 1.97. The molecule has 1 aromatic heterocycles. The predicted molar refractivity (Wildman–Crippen MR) is 117 cm³/mol. The van der Waals surface area contributed by atoms with Crippen molar-refractivity contribution in [2.24, 2.45) is 13.0 Å². The van der Waals surface area contributed by atoms with Gasteiger partial charge in [0.1, 0.15) is 0 Å². The molecule has 2 atom stereocenters. The Morgan fingerprint density at radius 2 is 1.94 bits per heavy atom. The monoisotopic (exact) mass is 423 g/mol. The van der Waals surface area contributed by atoms with Crippen molar-refractivity contribution < 1.29 is 14.4 Å². The second-order valence-corrected chi connectivity index (χ2v) is 8.44. The number of nitrogens with one attached hydrogen (secondary N) is 2. The van der Waals surface area contributed by atoms with Crippen molar-refractivity contribution in [2.75, 3.05) is 25.0 Å². The van der Waals surface area contributed by atoms with Gasteiger partial charge in [-0.25, -0.2) is 4.98 Å². The number of carbonyl (C=O) groups excluding carboxylic acids is 3. The molecule has 2 aliphatic rings. The molecular formula is C23H29N5O3. The number of fused-ring (bicyclic) bond motifs is 1. The number of amides is 2. The highest BCUT2D eigenvalue weighted by Gasteiger charge is 2.33. The van der Waals surface area contributed by atoms with Gasteiger partial charge >= 0.3 is 11.8 Å². The Hall–Kier alpha value is -3.00. The van der Waals surface area contributed by atoms with Gasteiger partial charge in [-0.15, -0.1) is 0 Å². The summed E-state index contributed by atoms with van der Waals surface area (Å²) in [6, 6.07) is 7.06. The van der Waals surface area contributed by atoms with Gasteiger partial charge in [-0.2, -0.15) is 0 Å². The zero-order chi connectivity index (χ0) is 21.8. The molecule has 0 radical (unpaired) electrons. The number of aromatic nitrogens is 2. The van der Waals surface area contributed by atoms with Crippen LogP contribution in [0.5, 0.6) is 0 Å². The molecule has 2 unspecified atom stereocenters. The first-order chi connectivity index (χ1) is 15.0. The molecule has 1 aromatic carbocycles. The SMILES string of the molecule is Cn1ccnc1C(=O)c1cccc(NC(=O)C(=O)NCC2CCCN3CCCCC23)c1. The smallest absolute Gasteiger partial charge is 0.313 e. The van der Waals surface area contributed by atoms with Crippen LogP contribution < -0.4 is 10.6 Å². The summed E-state index contributed by atoms with van der Waals surface area (Å²) in [5.41, 5.74) is 0.795. The zero-order valence-corrected chi connectivity index (χ0v) is 17.8. The molecule has 8 heteroatoms. The number of nitrogens with zero attached hydrogens (tertiary/aromatic N) is 3. The van der Waals surface area contributed by atoms with Crippen LogP contribution in [0.4, 0.5) is 5.69 Å². The third-order valence-corrected chi connectivity index (χ3v) is 6.37. The van der Waals surface area contributed by atoms with Crippen LogP contribution in [0.25, 0.3) is 0 Å². The summed E-state index contributed by atoms with van der Waals surface area (Å²) in [7, 11) is 1.75. The van der Waals surface area contributed by atoms with Crippen molar-refractivity contribution in [2.45, 2.75) is 38.1 Å². The highest BCUT2D eigenvalue weighted by atomic mass is 16.2. The lowest BCUT2D eigenvalue weighted by Gasteiger charge is -2.44. The largest absolute Gasteiger partial charge is 0.347 e. The lowest BCUT2D eigenvalue weighted by atomic mass is 9.83. The Morgan fingerprint density at radius 3 is 2.74 bits per heavy atom. The van der Waals surface area contributed by atoms with Gasteiger partial charge in [-0.05, 0) is 56.8 Å². The minimum atomic E-state index is -0.724. The van der Waals surface area contributed by atoms with E-state index in [0.29, 0.717) is 35.6 Å². The molecule has 3 heterocycles. The van der Waals surface area contributed by atoms with Crippen molar-refractivity contribution in [3.63, 3.8) is 0 Å². The number of carbonyl (C=O) groups is 3. The highest BCUT2D eigenvalue weighted by molar-refractivity contribution is 6.39. The van der Waals surface area contributed by atoms with E-state index in [1.807, 2.05) is 0 Å². The molecule has 2 aliphatic heterocycles. The van der Waals surface area contributed by atoms with Gasteiger partial charge in [-0.3, -0.25) is 14.4 Å². The maximum absolute atomic E-state index is 12.6. The summed E-state index contributed by atoms with van der Waals surface area (Å²) in [6.07, 6.45) is 9.13. The van der Waals surface area contributed by atoms with Gasteiger partial charge in [-0.1, -0.05) is 18.6 Å². The topological polar surface area (TPSA) is 96.3 Å². The fourth-order valence-corrected chi connectivity index (χ4v) is 4.76. The van der Waals surface area contributed by atoms with Crippen LogP contribution in [0.1, 0.15) is 48.3 Å². The van der Waals surface area contributed by atoms with E-state index in [2.05, 4.69) is 20.5 Å². The first kappa shape index (κ1) is 21.2. The lowest BCUT2D eigenvalue weighted by Crippen LogP contribution is -2.51. The van der Waals surface area contributed by atoms with E-state index in [1.54, 1.807) is 48.3 Å². The number of hydrogen-bond donors (Lipinski definition) is 2. The Kier molecular flexibility index (Phi) is 6.46. The molecule has 0 spiro atoms. The molecule has 0 bridgehead atoms. The van der Waals surface area contributed by atoms with E-state index in [1.165, 1.54) is 19.3 Å². The molecule has 2 saturated heterocycles. The standard InChI is InChI=1S/C23H29N5O3/c1-27-13-10-24-21(27)20(29)16-6-4-8-18(14-16)26-23(31)22(30)25-15-17-7-5-12-28-11-3-2-9-19(17)28/h4,6,8,10,13-14,17,19H,2-3,5,7,9,11-12,15H2,1H3,(H,25,30)(H,26,31). The van der Waals surface area contributed by atoms with E-state index >= 15 is 0 Å². The Morgan fingerprint density at radius 1 is 1.10 bits per heavy atom. The number of ketones is 1. The van der Waals surface area contributed by atoms with Crippen molar-refractivity contribution in [3.05, 3.63) is 48.0 Å². The van der Waals surface area contributed by atoms with Gasteiger partial charge in [0, 0.05) is 43.3 Å².